The molecule has 0 amide bonds. The Kier molecular flexibility index (Phi) is 4.01. The maximum absolute atomic E-state index is 13.1. The van der Waals surface area contributed by atoms with E-state index >= 15 is 0 Å². The third kappa shape index (κ3) is 3.17. The summed E-state index contributed by atoms with van der Waals surface area (Å²) in [5.41, 5.74) is 5.64. The van der Waals surface area contributed by atoms with Crippen molar-refractivity contribution in [3.05, 3.63) is 34.9 Å². The average Bonchev–Trinajstić information content (AvgIpc) is 2.44. The van der Waals surface area contributed by atoms with Crippen molar-refractivity contribution in [2.75, 3.05) is 11.5 Å². The molecule has 2 rings (SSSR count). The summed E-state index contributed by atoms with van der Waals surface area (Å²) >= 11 is 0. The Morgan fingerprint density at radius 3 is 2.08 bits per heavy atom. The molecular formula is C13H7F6N5. The number of hydrogen-bond donors (Lipinski definition) is 2. The van der Waals surface area contributed by atoms with Gasteiger partial charge in [0.2, 0.25) is 5.95 Å². The van der Waals surface area contributed by atoms with Gasteiger partial charge in [0.1, 0.15) is 17.5 Å². The smallest absolute Gasteiger partial charge is 0.382 e. The zero-order valence-electron chi connectivity index (χ0n) is 11.5. The molecule has 0 saturated heterocycles. The van der Waals surface area contributed by atoms with Crippen LogP contribution in [0.5, 0.6) is 0 Å². The number of hydrogen-bond acceptors (Lipinski definition) is 5. The molecule has 0 unspecified atom stereocenters. The Morgan fingerprint density at radius 1 is 0.958 bits per heavy atom. The van der Waals surface area contributed by atoms with Crippen LogP contribution in [0, 0.1) is 11.3 Å². The zero-order chi connectivity index (χ0) is 18.3. The summed E-state index contributed by atoms with van der Waals surface area (Å²) in [6.45, 7) is 0. The van der Waals surface area contributed by atoms with E-state index in [0.29, 0.717) is 0 Å². The van der Waals surface area contributed by atoms with Crippen LogP contribution in [0.2, 0.25) is 0 Å². The van der Waals surface area contributed by atoms with Gasteiger partial charge in [-0.2, -0.15) is 36.6 Å². The molecule has 0 bridgehead atoms. The van der Waals surface area contributed by atoms with Crippen molar-refractivity contribution in [1.29, 1.82) is 5.26 Å². The molecule has 24 heavy (non-hydrogen) atoms. The number of nitriles is 1. The number of anilines is 2. The molecular weight excluding hydrogens is 340 g/mol. The molecule has 0 aliphatic rings. The van der Waals surface area contributed by atoms with E-state index < -0.39 is 52.1 Å². The second-order valence-electron chi connectivity index (χ2n) is 4.56. The van der Waals surface area contributed by atoms with Gasteiger partial charge in [0.25, 0.3) is 0 Å². The minimum Gasteiger partial charge on any atom is -0.382 e. The van der Waals surface area contributed by atoms with Gasteiger partial charge in [-0.3, -0.25) is 0 Å². The topological polar surface area (TPSA) is 102 Å². The molecule has 2 aromatic rings. The Labute approximate surface area is 130 Å². The normalized spacial score (nSPS) is 12.0. The molecule has 0 aliphatic carbocycles. The molecule has 0 radical (unpaired) electrons. The number of rotatable bonds is 1. The van der Waals surface area contributed by atoms with Crippen molar-refractivity contribution < 1.29 is 26.3 Å². The first-order valence-electron chi connectivity index (χ1n) is 6.07. The molecule has 1 aromatic carbocycles. The predicted octanol–water partition coefficient (Wildman–Crippen LogP) is 3.22. The quantitative estimate of drug-likeness (QED) is 0.771. The largest absolute Gasteiger partial charge is 0.417 e. The van der Waals surface area contributed by atoms with Crippen LogP contribution in [0.15, 0.2) is 18.2 Å². The van der Waals surface area contributed by atoms with Gasteiger partial charge in [-0.15, -0.1) is 0 Å². The summed E-state index contributed by atoms with van der Waals surface area (Å²) in [5.74, 6) is -1.11. The van der Waals surface area contributed by atoms with E-state index in [0.717, 1.165) is 0 Å². The lowest BCUT2D eigenvalue weighted by molar-refractivity contribution is -0.141. The fraction of sp³-hybridized carbons (Fsp3) is 0.154. The van der Waals surface area contributed by atoms with Crippen molar-refractivity contribution in [3.8, 4) is 17.3 Å². The number of halogens is 6. The number of benzene rings is 1. The van der Waals surface area contributed by atoms with Gasteiger partial charge < -0.3 is 11.5 Å². The van der Waals surface area contributed by atoms with Crippen molar-refractivity contribution in [2.24, 2.45) is 0 Å². The second kappa shape index (κ2) is 5.55. The number of nitrogens with two attached hydrogens (primary N) is 2. The molecule has 0 fully saturated rings. The predicted molar refractivity (Wildman–Crippen MR) is 71.0 cm³/mol. The lowest BCUT2D eigenvalue weighted by Gasteiger charge is -2.16. The SMILES string of the molecule is N#Cc1c(N)nc(N)nc1-c1cc(C(F)(F)F)ccc1C(F)(F)F. The first-order valence-corrected chi connectivity index (χ1v) is 6.07. The van der Waals surface area contributed by atoms with Crippen LogP contribution in [0.1, 0.15) is 16.7 Å². The van der Waals surface area contributed by atoms with Gasteiger partial charge in [0, 0.05) is 5.56 Å². The van der Waals surface area contributed by atoms with Gasteiger partial charge in [0.15, 0.2) is 0 Å². The first kappa shape index (κ1) is 17.3. The van der Waals surface area contributed by atoms with E-state index in [9.17, 15) is 26.3 Å². The minimum absolute atomic E-state index is 0.241. The summed E-state index contributed by atoms with van der Waals surface area (Å²) in [7, 11) is 0. The van der Waals surface area contributed by atoms with Gasteiger partial charge in [0.05, 0.1) is 16.8 Å². The van der Waals surface area contributed by atoms with Crippen LogP contribution in [-0.4, -0.2) is 9.97 Å². The third-order valence-electron chi connectivity index (χ3n) is 2.97. The molecule has 5 nitrogen and oxygen atoms in total. The standard InChI is InChI=1S/C13H7F6N5/c14-12(15,16)5-1-2-8(13(17,18)19)6(3-5)9-7(4-20)10(21)24-11(22)23-9/h1-3H,(H4,21,22,23,24). The van der Waals surface area contributed by atoms with Gasteiger partial charge in [-0.1, -0.05) is 0 Å². The van der Waals surface area contributed by atoms with Gasteiger partial charge >= 0.3 is 12.4 Å². The third-order valence-corrected chi connectivity index (χ3v) is 2.97. The summed E-state index contributed by atoms with van der Waals surface area (Å²) in [5, 5.41) is 9.02. The van der Waals surface area contributed by atoms with E-state index in [2.05, 4.69) is 9.97 Å². The highest BCUT2D eigenvalue weighted by Crippen LogP contribution is 2.41. The van der Waals surface area contributed by atoms with Crippen molar-refractivity contribution in [3.63, 3.8) is 0 Å². The fourth-order valence-electron chi connectivity index (χ4n) is 1.96. The van der Waals surface area contributed by atoms with Crippen LogP contribution in [0.4, 0.5) is 38.1 Å². The van der Waals surface area contributed by atoms with Crippen molar-refractivity contribution >= 4 is 11.8 Å². The molecule has 0 saturated carbocycles. The highest BCUT2D eigenvalue weighted by atomic mass is 19.4. The van der Waals surface area contributed by atoms with Crippen LogP contribution in [0.3, 0.4) is 0 Å². The van der Waals surface area contributed by atoms with Crippen LogP contribution >= 0.6 is 0 Å². The Balaban J connectivity index is 2.89. The molecule has 0 spiro atoms. The monoisotopic (exact) mass is 347 g/mol. The first-order chi connectivity index (χ1) is 10.9. The summed E-state index contributed by atoms with van der Waals surface area (Å²) in [6, 6.07) is 2.25. The van der Waals surface area contributed by atoms with E-state index in [1.807, 2.05) is 0 Å². The number of nitrogens with zero attached hydrogens (tertiary/aromatic N) is 3. The van der Waals surface area contributed by atoms with Gasteiger partial charge in [-0.25, -0.2) is 4.98 Å². The molecule has 4 N–H and O–H groups in total. The zero-order valence-corrected chi connectivity index (χ0v) is 11.5. The van der Waals surface area contributed by atoms with Crippen LogP contribution < -0.4 is 11.5 Å². The molecule has 0 atom stereocenters. The molecule has 0 aliphatic heterocycles. The maximum Gasteiger partial charge on any atom is 0.417 e. The lowest BCUT2D eigenvalue weighted by atomic mass is 9.97. The summed E-state index contributed by atoms with van der Waals surface area (Å²) in [4.78, 5) is 6.88. The number of nitrogen functional groups attached to an aromatic ring is 2. The number of alkyl halides is 6. The van der Waals surface area contributed by atoms with Gasteiger partial charge in [-0.05, 0) is 18.2 Å². The van der Waals surface area contributed by atoms with E-state index in [4.69, 9.17) is 16.7 Å². The molecule has 1 heterocycles. The van der Waals surface area contributed by atoms with E-state index in [1.54, 1.807) is 0 Å². The lowest BCUT2D eigenvalue weighted by Crippen LogP contribution is -2.13. The van der Waals surface area contributed by atoms with Crippen molar-refractivity contribution in [1.82, 2.24) is 9.97 Å². The van der Waals surface area contributed by atoms with Crippen LogP contribution in [-0.2, 0) is 12.4 Å². The minimum atomic E-state index is -4.99. The summed E-state index contributed by atoms with van der Waals surface area (Å²) < 4.78 is 77.9. The Hall–Kier alpha value is -3.03. The van der Waals surface area contributed by atoms with E-state index in [1.165, 1.54) is 6.07 Å². The Morgan fingerprint density at radius 2 is 1.58 bits per heavy atom. The molecule has 11 heteroatoms. The average molecular weight is 347 g/mol. The number of aromatic nitrogens is 2. The Bertz CT molecular complexity index is 834. The van der Waals surface area contributed by atoms with Crippen molar-refractivity contribution in [2.45, 2.75) is 12.4 Å². The van der Waals surface area contributed by atoms with E-state index in [-0.39, 0.29) is 18.2 Å². The highest BCUT2D eigenvalue weighted by molar-refractivity contribution is 5.76. The molecule has 1 aromatic heterocycles. The molecule has 126 valence electrons. The summed E-state index contributed by atoms with van der Waals surface area (Å²) in [6.07, 6.45) is -9.88. The highest BCUT2D eigenvalue weighted by Gasteiger charge is 2.38. The second-order valence-corrected chi connectivity index (χ2v) is 4.56. The fourth-order valence-corrected chi connectivity index (χ4v) is 1.96. The van der Waals surface area contributed by atoms with Crippen LogP contribution in [0.25, 0.3) is 11.3 Å². The maximum atomic E-state index is 13.1.